The molecule has 3 atom stereocenters. The zero-order valence-electron chi connectivity index (χ0n) is 14.7. The van der Waals surface area contributed by atoms with Crippen molar-refractivity contribution in [3.05, 3.63) is 84.1 Å². The second-order valence-corrected chi connectivity index (χ2v) is 6.00. The van der Waals surface area contributed by atoms with Crippen molar-refractivity contribution in [3.8, 4) is 12.3 Å². The third-order valence-electron chi connectivity index (χ3n) is 4.07. The van der Waals surface area contributed by atoms with Gasteiger partial charge in [0.05, 0.1) is 13.2 Å². The van der Waals surface area contributed by atoms with E-state index in [-0.39, 0.29) is 12.4 Å². The van der Waals surface area contributed by atoms with Crippen LogP contribution in [0.25, 0.3) is 0 Å². The van der Waals surface area contributed by atoms with Crippen LogP contribution in [0.5, 0.6) is 0 Å². The summed E-state index contributed by atoms with van der Waals surface area (Å²) in [4.78, 5) is 11.5. The molecule has 0 radical (unpaired) electrons. The zero-order chi connectivity index (χ0) is 19.1. The number of ether oxygens (including phenoxy) is 4. The largest absolute Gasteiger partial charge is 0.514 e. The van der Waals surface area contributed by atoms with Crippen molar-refractivity contribution in [2.24, 2.45) is 0 Å². The van der Waals surface area contributed by atoms with Crippen LogP contribution in [0.2, 0.25) is 0 Å². The Morgan fingerprint density at radius 1 is 1.00 bits per heavy atom. The third-order valence-corrected chi connectivity index (χ3v) is 4.07. The SMILES string of the molecule is C#C[C@H](OCc1ccccc1)[C@@H](OCc1ccccc1)[C@@H]1OC(=O)OC1=C. The highest BCUT2D eigenvalue weighted by Crippen LogP contribution is 2.26. The number of rotatable bonds is 8. The van der Waals surface area contributed by atoms with Gasteiger partial charge in [-0.1, -0.05) is 73.2 Å². The molecule has 1 aliphatic rings. The first kappa shape index (κ1) is 18.7. The zero-order valence-corrected chi connectivity index (χ0v) is 14.7. The van der Waals surface area contributed by atoms with Gasteiger partial charge in [0.25, 0.3) is 0 Å². The van der Waals surface area contributed by atoms with Crippen LogP contribution in [0.4, 0.5) is 4.79 Å². The average Bonchev–Trinajstić information content (AvgIpc) is 3.03. The molecule has 2 aromatic rings. The van der Waals surface area contributed by atoms with Gasteiger partial charge in [0, 0.05) is 0 Å². The molecular weight excluding hydrogens is 344 g/mol. The van der Waals surface area contributed by atoms with E-state index in [0.29, 0.717) is 6.61 Å². The number of terminal acetylenes is 1. The summed E-state index contributed by atoms with van der Waals surface area (Å²) in [6.45, 7) is 4.30. The van der Waals surface area contributed by atoms with Gasteiger partial charge < -0.3 is 18.9 Å². The Hall–Kier alpha value is -3.07. The maximum Gasteiger partial charge on any atom is 0.514 e. The highest BCUT2D eigenvalue weighted by atomic mass is 16.8. The molecule has 1 aliphatic heterocycles. The Bertz CT molecular complexity index is 810. The minimum atomic E-state index is -0.835. The van der Waals surface area contributed by atoms with Gasteiger partial charge in [0.1, 0.15) is 18.0 Å². The molecular formula is C22H20O5. The third kappa shape index (κ3) is 4.98. The molecule has 138 valence electrons. The van der Waals surface area contributed by atoms with E-state index >= 15 is 0 Å². The van der Waals surface area contributed by atoms with E-state index < -0.39 is 24.5 Å². The summed E-state index contributed by atoms with van der Waals surface area (Å²) in [7, 11) is 0. The molecule has 5 nitrogen and oxygen atoms in total. The predicted molar refractivity (Wildman–Crippen MR) is 99.4 cm³/mol. The first-order valence-corrected chi connectivity index (χ1v) is 8.52. The van der Waals surface area contributed by atoms with Crippen LogP contribution >= 0.6 is 0 Å². The fourth-order valence-corrected chi connectivity index (χ4v) is 2.71. The van der Waals surface area contributed by atoms with Gasteiger partial charge in [-0.25, -0.2) is 4.79 Å². The molecule has 0 N–H and O–H groups in total. The lowest BCUT2D eigenvalue weighted by Gasteiger charge is -2.27. The lowest BCUT2D eigenvalue weighted by atomic mass is 10.1. The molecule has 27 heavy (non-hydrogen) atoms. The van der Waals surface area contributed by atoms with E-state index in [1.807, 2.05) is 60.7 Å². The topological polar surface area (TPSA) is 54.0 Å². The first-order chi connectivity index (χ1) is 13.2. The van der Waals surface area contributed by atoms with Gasteiger partial charge in [-0.05, 0) is 11.1 Å². The summed E-state index contributed by atoms with van der Waals surface area (Å²) in [5.41, 5.74) is 1.93. The fourth-order valence-electron chi connectivity index (χ4n) is 2.71. The van der Waals surface area contributed by atoms with Crippen molar-refractivity contribution in [2.75, 3.05) is 0 Å². The number of benzene rings is 2. The molecule has 5 heteroatoms. The van der Waals surface area contributed by atoms with Crippen LogP contribution in [0.15, 0.2) is 73.0 Å². The molecule has 0 saturated carbocycles. The first-order valence-electron chi connectivity index (χ1n) is 8.52. The van der Waals surface area contributed by atoms with Gasteiger partial charge in [-0.3, -0.25) is 0 Å². The van der Waals surface area contributed by atoms with Crippen molar-refractivity contribution in [2.45, 2.75) is 31.5 Å². The summed E-state index contributed by atoms with van der Waals surface area (Å²) < 4.78 is 22.0. The Morgan fingerprint density at radius 3 is 2.04 bits per heavy atom. The molecule has 0 aromatic heterocycles. The lowest BCUT2D eigenvalue weighted by molar-refractivity contribution is -0.0987. The van der Waals surface area contributed by atoms with E-state index in [9.17, 15) is 4.79 Å². The van der Waals surface area contributed by atoms with Crippen molar-refractivity contribution >= 4 is 6.16 Å². The molecule has 0 amide bonds. The molecule has 1 heterocycles. The van der Waals surface area contributed by atoms with E-state index in [1.165, 1.54) is 0 Å². The molecule has 1 fully saturated rings. The summed E-state index contributed by atoms with van der Waals surface area (Å²) in [5, 5.41) is 0. The van der Waals surface area contributed by atoms with Gasteiger partial charge in [0.15, 0.2) is 6.10 Å². The van der Waals surface area contributed by atoms with E-state index in [2.05, 4.69) is 12.5 Å². The molecule has 0 aliphatic carbocycles. The average molecular weight is 364 g/mol. The van der Waals surface area contributed by atoms with E-state index in [0.717, 1.165) is 11.1 Å². The van der Waals surface area contributed by atoms with Crippen LogP contribution in [-0.2, 0) is 32.2 Å². The monoisotopic (exact) mass is 364 g/mol. The molecule has 1 saturated heterocycles. The fraction of sp³-hybridized carbons (Fsp3) is 0.227. The highest BCUT2D eigenvalue weighted by Gasteiger charge is 2.41. The van der Waals surface area contributed by atoms with Crippen LogP contribution in [0.1, 0.15) is 11.1 Å². The lowest BCUT2D eigenvalue weighted by Crippen LogP contribution is -2.41. The maximum absolute atomic E-state index is 11.5. The molecule has 0 spiro atoms. The van der Waals surface area contributed by atoms with Crippen LogP contribution in [-0.4, -0.2) is 24.5 Å². The summed E-state index contributed by atoms with van der Waals surface area (Å²) in [6, 6.07) is 19.2. The summed E-state index contributed by atoms with van der Waals surface area (Å²) in [5.74, 6) is 2.74. The van der Waals surface area contributed by atoms with Crippen LogP contribution < -0.4 is 0 Å². The second-order valence-electron chi connectivity index (χ2n) is 6.00. The quantitative estimate of drug-likeness (QED) is 0.526. The number of carbonyl (C=O) groups excluding carboxylic acids is 1. The Morgan fingerprint density at radius 2 is 1.56 bits per heavy atom. The van der Waals surface area contributed by atoms with Gasteiger partial charge in [-0.2, -0.15) is 0 Å². The van der Waals surface area contributed by atoms with Crippen molar-refractivity contribution in [1.29, 1.82) is 0 Å². The second kappa shape index (κ2) is 9.04. The van der Waals surface area contributed by atoms with E-state index in [4.69, 9.17) is 25.4 Å². The number of hydrogen-bond acceptors (Lipinski definition) is 5. The standard InChI is InChI=1S/C22H20O5/c1-3-19(24-14-17-10-6-4-7-11-17)21(20-16(2)26-22(23)27-20)25-15-18-12-8-5-9-13-18/h1,4-13,19-21H,2,14-15H2/t19-,20+,21+/m0/s1. The highest BCUT2D eigenvalue weighted by molar-refractivity contribution is 5.65. The number of cyclic esters (lactones) is 2. The van der Waals surface area contributed by atoms with E-state index in [1.54, 1.807) is 0 Å². The normalized spacial score (nSPS) is 18.3. The Balaban J connectivity index is 1.73. The van der Waals surface area contributed by atoms with Crippen molar-refractivity contribution in [3.63, 3.8) is 0 Å². The Kier molecular flexibility index (Phi) is 6.26. The summed E-state index contributed by atoms with van der Waals surface area (Å²) in [6.07, 6.45) is 2.52. The van der Waals surface area contributed by atoms with Crippen LogP contribution in [0.3, 0.4) is 0 Å². The minimum absolute atomic E-state index is 0.154. The molecule has 0 unspecified atom stereocenters. The van der Waals surface area contributed by atoms with Gasteiger partial charge in [-0.15, -0.1) is 6.42 Å². The molecule has 3 rings (SSSR count). The number of hydrogen-bond donors (Lipinski definition) is 0. The molecule has 0 bridgehead atoms. The van der Waals surface area contributed by atoms with Crippen LogP contribution in [0, 0.1) is 12.3 Å². The van der Waals surface area contributed by atoms with Crippen molar-refractivity contribution < 1.29 is 23.7 Å². The predicted octanol–water partition coefficient (Wildman–Crippen LogP) is 3.84. The minimum Gasteiger partial charge on any atom is -0.420 e. The Labute approximate surface area is 158 Å². The van der Waals surface area contributed by atoms with Gasteiger partial charge in [0.2, 0.25) is 0 Å². The van der Waals surface area contributed by atoms with Gasteiger partial charge >= 0.3 is 6.16 Å². The number of carbonyl (C=O) groups is 1. The van der Waals surface area contributed by atoms with Crippen molar-refractivity contribution in [1.82, 2.24) is 0 Å². The summed E-state index contributed by atoms with van der Waals surface area (Å²) >= 11 is 0. The smallest absolute Gasteiger partial charge is 0.420 e. The molecule has 2 aromatic carbocycles. The maximum atomic E-state index is 11.5.